The van der Waals surface area contributed by atoms with Crippen molar-refractivity contribution < 1.29 is 4.74 Å². The number of hydrogen-bond acceptors (Lipinski definition) is 2. The summed E-state index contributed by atoms with van der Waals surface area (Å²) in [4.78, 5) is 0. The van der Waals surface area contributed by atoms with E-state index >= 15 is 0 Å². The number of ether oxygens (including phenoxy) is 1. The summed E-state index contributed by atoms with van der Waals surface area (Å²) in [5.74, 6) is 2.19. The van der Waals surface area contributed by atoms with Crippen molar-refractivity contribution in [2.75, 3.05) is 6.54 Å². The molecule has 1 aliphatic carbocycles. The van der Waals surface area contributed by atoms with Crippen molar-refractivity contribution in [1.29, 1.82) is 0 Å². The van der Waals surface area contributed by atoms with Gasteiger partial charge in [-0.25, -0.2) is 0 Å². The zero-order valence-corrected chi connectivity index (χ0v) is 13.5. The SMILES string of the molecule is CC(C)CC1OC2(CCCC(C)C2)CNC1C(C)C. The van der Waals surface area contributed by atoms with Crippen LogP contribution in [0.25, 0.3) is 0 Å². The molecule has 112 valence electrons. The van der Waals surface area contributed by atoms with E-state index in [1.165, 1.54) is 32.1 Å². The van der Waals surface area contributed by atoms with Gasteiger partial charge in [-0.3, -0.25) is 0 Å². The molecule has 1 heterocycles. The molecule has 0 bridgehead atoms. The molecule has 0 aromatic carbocycles. The molecule has 1 saturated heterocycles. The molecule has 0 amide bonds. The first-order valence-electron chi connectivity index (χ1n) is 8.33. The van der Waals surface area contributed by atoms with E-state index < -0.39 is 0 Å². The van der Waals surface area contributed by atoms with Crippen molar-refractivity contribution in [3.8, 4) is 0 Å². The number of rotatable bonds is 3. The topological polar surface area (TPSA) is 21.3 Å². The van der Waals surface area contributed by atoms with Crippen LogP contribution in [-0.2, 0) is 4.74 Å². The predicted octanol–water partition coefficient (Wildman–Crippen LogP) is 3.99. The van der Waals surface area contributed by atoms with Gasteiger partial charge < -0.3 is 10.1 Å². The Morgan fingerprint density at radius 2 is 2.00 bits per heavy atom. The molecule has 0 aromatic rings. The first-order valence-corrected chi connectivity index (χ1v) is 8.33. The van der Waals surface area contributed by atoms with Crippen molar-refractivity contribution in [2.24, 2.45) is 17.8 Å². The van der Waals surface area contributed by atoms with Gasteiger partial charge in [0, 0.05) is 12.6 Å². The highest BCUT2D eigenvalue weighted by Crippen LogP contribution is 2.39. The Kier molecular flexibility index (Phi) is 4.94. The molecule has 2 aliphatic rings. The molecule has 1 spiro atoms. The van der Waals surface area contributed by atoms with E-state index in [-0.39, 0.29) is 5.60 Å². The summed E-state index contributed by atoms with van der Waals surface area (Å²) >= 11 is 0. The molecular formula is C17H33NO. The van der Waals surface area contributed by atoms with Crippen LogP contribution in [-0.4, -0.2) is 24.3 Å². The highest BCUT2D eigenvalue weighted by atomic mass is 16.5. The maximum absolute atomic E-state index is 6.71. The zero-order valence-electron chi connectivity index (χ0n) is 13.5. The minimum Gasteiger partial charge on any atom is -0.369 e. The van der Waals surface area contributed by atoms with Crippen LogP contribution in [0.1, 0.15) is 66.7 Å². The van der Waals surface area contributed by atoms with Gasteiger partial charge >= 0.3 is 0 Å². The fourth-order valence-corrected chi connectivity index (χ4v) is 4.08. The third-order valence-corrected chi connectivity index (χ3v) is 4.93. The van der Waals surface area contributed by atoms with E-state index in [0.717, 1.165) is 12.5 Å². The fraction of sp³-hybridized carbons (Fsp3) is 1.00. The quantitative estimate of drug-likeness (QED) is 0.834. The second-order valence-electron chi connectivity index (χ2n) is 7.82. The molecule has 4 unspecified atom stereocenters. The van der Waals surface area contributed by atoms with Crippen LogP contribution in [0.5, 0.6) is 0 Å². The Morgan fingerprint density at radius 1 is 1.26 bits per heavy atom. The first kappa shape index (κ1) is 15.3. The lowest BCUT2D eigenvalue weighted by molar-refractivity contribution is -0.167. The average molecular weight is 267 g/mol. The summed E-state index contributed by atoms with van der Waals surface area (Å²) in [5.41, 5.74) is 0.141. The standard InChI is InChI=1S/C17H33NO/c1-12(2)9-15-16(13(3)4)18-11-17(19-15)8-6-7-14(5)10-17/h12-16,18H,6-11H2,1-5H3. The Morgan fingerprint density at radius 3 is 2.58 bits per heavy atom. The van der Waals surface area contributed by atoms with Crippen LogP contribution >= 0.6 is 0 Å². The van der Waals surface area contributed by atoms with E-state index in [9.17, 15) is 0 Å². The van der Waals surface area contributed by atoms with E-state index in [0.29, 0.717) is 24.0 Å². The van der Waals surface area contributed by atoms with Gasteiger partial charge in [0.25, 0.3) is 0 Å². The van der Waals surface area contributed by atoms with Crippen LogP contribution in [0.15, 0.2) is 0 Å². The van der Waals surface area contributed by atoms with Crippen molar-refractivity contribution >= 4 is 0 Å². The van der Waals surface area contributed by atoms with E-state index in [1.54, 1.807) is 0 Å². The van der Waals surface area contributed by atoms with Crippen LogP contribution in [0, 0.1) is 17.8 Å². The zero-order chi connectivity index (χ0) is 14.0. The highest BCUT2D eigenvalue weighted by molar-refractivity contribution is 4.97. The minimum absolute atomic E-state index is 0.141. The number of hydrogen-bond donors (Lipinski definition) is 1. The van der Waals surface area contributed by atoms with Crippen LogP contribution in [0.3, 0.4) is 0 Å². The summed E-state index contributed by atoms with van der Waals surface area (Å²) in [7, 11) is 0. The summed E-state index contributed by atoms with van der Waals surface area (Å²) < 4.78 is 6.71. The Bertz CT molecular complexity index is 289. The van der Waals surface area contributed by atoms with Gasteiger partial charge in [-0.05, 0) is 37.0 Å². The number of nitrogens with one attached hydrogen (secondary N) is 1. The Hall–Kier alpha value is -0.0800. The summed E-state index contributed by atoms with van der Waals surface area (Å²) in [6.07, 6.45) is 6.81. The third kappa shape index (κ3) is 3.72. The Balaban J connectivity index is 2.07. The van der Waals surface area contributed by atoms with E-state index in [1.807, 2.05) is 0 Å². The summed E-state index contributed by atoms with van der Waals surface area (Å²) in [6, 6.07) is 0.533. The van der Waals surface area contributed by atoms with Crippen molar-refractivity contribution in [2.45, 2.75) is 84.5 Å². The van der Waals surface area contributed by atoms with Crippen molar-refractivity contribution in [3.63, 3.8) is 0 Å². The molecule has 0 radical (unpaired) electrons. The smallest absolute Gasteiger partial charge is 0.0813 e. The van der Waals surface area contributed by atoms with Gasteiger partial charge in [-0.1, -0.05) is 47.5 Å². The van der Waals surface area contributed by atoms with Gasteiger partial charge in [0.2, 0.25) is 0 Å². The molecule has 19 heavy (non-hydrogen) atoms. The lowest BCUT2D eigenvalue weighted by atomic mass is 9.76. The third-order valence-electron chi connectivity index (χ3n) is 4.93. The molecule has 2 nitrogen and oxygen atoms in total. The van der Waals surface area contributed by atoms with E-state index in [2.05, 4.69) is 39.9 Å². The molecule has 2 fully saturated rings. The molecule has 1 aliphatic heterocycles. The lowest BCUT2D eigenvalue weighted by Crippen LogP contribution is -2.62. The molecule has 1 N–H and O–H groups in total. The van der Waals surface area contributed by atoms with Gasteiger partial charge in [0.1, 0.15) is 0 Å². The van der Waals surface area contributed by atoms with Gasteiger partial charge in [0.15, 0.2) is 0 Å². The van der Waals surface area contributed by atoms with Crippen molar-refractivity contribution in [1.82, 2.24) is 5.32 Å². The van der Waals surface area contributed by atoms with Crippen molar-refractivity contribution in [3.05, 3.63) is 0 Å². The maximum atomic E-state index is 6.71. The second-order valence-corrected chi connectivity index (χ2v) is 7.82. The van der Waals surface area contributed by atoms with Crippen LogP contribution in [0.2, 0.25) is 0 Å². The van der Waals surface area contributed by atoms with Gasteiger partial charge in [-0.2, -0.15) is 0 Å². The van der Waals surface area contributed by atoms with Gasteiger partial charge in [0.05, 0.1) is 11.7 Å². The summed E-state index contributed by atoms with van der Waals surface area (Å²) in [6.45, 7) is 12.7. The maximum Gasteiger partial charge on any atom is 0.0813 e. The molecule has 2 rings (SSSR count). The monoisotopic (exact) mass is 267 g/mol. The lowest BCUT2D eigenvalue weighted by Gasteiger charge is -2.50. The van der Waals surface area contributed by atoms with Gasteiger partial charge in [-0.15, -0.1) is 0 Å². The normalized spacial score (nSPS) is 40.3. The number of morpholine rings is 1. The first-order chi connectivity index (χ1) is 8.92. The molecular weight excluding hydrogens is 234 g/mol. The molecule has 1 saturated carbocycles. The highest BCUT2D eigenvalue weighted by Gasteiger charge is 2.44. The van der Waals surface area contributed by atoms with E-state index in [4.69, 9.17) is 4.74 Å². The average Bonchev–Trinajstić information content (AvgIpc) is 2.27. The second kappa shape index (κ2) is 6.13. The fourth-order valence-electron chi connectivity index (χ4n) is 4.08. The largest absolute Gasteiger partial charge is 0.369 e. The minimum atomic E-state index is 0.141. The molecule has 4 atom stereocenters. The predicted molar refractivity (Wildman–Crippen MR) is 81.3 cm³/mol. The summed E-state index contributed by atoms with van der Waals surface area (Å²) in [5, 5.41) is 3.83. The molecule has 0 aromatic heterocycles. The Labute approximate surface area is 119 Å². The van der Waals surface area contributed by atoms with Crippen LogP contribution in [0.4, 0.5) is 0 Å². The van der Waals surface area contributed by atoms with Crippen LogP contribution < -0.4 is 5.32 Å². The molecule has 2 heteroatoms.